The van der Waals surface area contributed by atoms with Crippen LogP contribution in [0.25, 0.3) is 0 Å². The first-order valence-corrected chi connectivity index (χ1v) is 7.40. The Bertz CT molecular complexity index is 746. The molecular weight excluding hydrogens is 296 g/mol. The summed E-state index contributed by atoms with van der Waals surface area (Å²) in [7, 11) is 0. The largest absolute Gasteiger partial charge is 0.478 e. The van der Waals surface area contributed by atoms with Gasteiger partial charge in [-0.2, -0.15) is 0 Å². The summed E-state index contributed by atoms with van der Waals surface area (Å²) in [4.78, 5) is 24.7. The van der Waals surface area contributed by atoms with Crippen molar-refractivity contribution in [3.63, 3.8) is 0 Å². The minimum atomic E-state index is -0.617. The van der Waals surface area contributed by atoms with Crippen molar-refractivity contribution in [2.24, 2.45) is 0 Å². The molecule has 1 atom stereocenters. The van der Waals surface area contributed by atoms with Crippen LogP contribution in [0.5, 0.6) is 5.75 Å². The summed E-state index contributed by atoms with van der Waals surface area (Å²) in [6, 6.07) is 13.9. The molecule has 2 aromatic rings. The lowest BCUT2D eigenvalue weighted by molar-refractivity contribution is -0.384. The fraction of sp³-hybridized carbons (Fsp3) is 0.235. The van der Waals surface area contributed by atoms with Gasteiger partial charge in [0.15, 0.2) is 11.9 Å². The van der Waals surface area contributed by atoms with Crippen LogP contribution in [0, 0.1) is 10.1 Å². The van der Waals surface area contributed by atoms with Crippen LogP contribution in [0.15, 0.2) is 48.5 Å². The van der Waals surface area contributed by atoms with Gasteiger partial charge in [-0.15, -0.1) is 0 Å². The highest BCUT2D eigenvalue weighted by molar-refractivity contribution is 6.00. The summed E-state index contributed by atoms with van der Waals surface area (Å²) in [5.74, 6) is 0.249. The van der Waals surface area contributed by atoms with E-state index in [0.29, 0.717) is 24.4 Å². The van der Waals surface area contributed by atoms with E-state index >= 15 is 0 Å². The molecule has 6 heteroatoms. The second-order valence-corrected chi connectivity index (χ2v) is 5.33. The molecule has 0 aliphatic carbocycles. The molecule has 1 amide bonds. The van der Waals surface area contributed by atoms with Crippen LogP contribution < -0.4 is 9.64 Å². The minimum absolute atomic E-state index is 0.0485. The summed E-state index contributed by atoms with van der Waals surface area (Å²) in [5.41, 5.74) is 1.50. The van der Waals surface area contributed by atoms with Crippen molar-refractivity contribution in [2.45, 2.75) is 26.0 Å². The quantitative estimate of drug-likeness (QED) is 0.641. The molecule has 1 aliphatic rings. The van der Waals surface area contributed by atoms with Crippen LogP contribution in [-0.2, 0) is 11.3 Å². The summed E-state index contributed by atoms with van der Waals surface area (Å²) in [6.07, 6.45) is -0.111. The highest BCUT2D eigenvalue weighted by atomic mass is 16.6. The number of amides is 1. The van der Waals surface area contributed by atoms with Gasteiger partial charge in [-0.05, 0) is 18.1 Å². The number of benzene rings is 2. The number of hydrogen-bond donors (Lipinski definition) is 0. The SMILES string of the molecule is CCC1Oc2cc([N+](=O)[O-])ccc2N(Cc2ccccc2)C1=O. The number of carbonyl (C=O) groups is 1. The van der Waals surface area contributed by atoms with Crippen molar-refractivity contribution in [1.82, 2.24) is 0 Å². The first-order chi connectivity index (χ1) is 11.1. The van der Waals surface area contributed by atoms with E-state index in [2.05, 4.69) is 0 Å². The van der Waals surface area contributed by atoms with Gasteiger partial charge >= 0.3 is 0 Å². The highest BCUT2D eigenvalue weighted by Gasteiger charge is 2.34. The Morgan fingerprint density at radius 1 is 1.22 bits per heavy atom. The zero-order valence-electron chi connectivity index (χ0n) is 12.6. The Kier molecular flexibility index (Phi) is 3.97. The molecule has 23 heavy (non-hydrogen) atoms. The molecule has 118 valence electrons. The molecular formula is C17H16N2O4. The van der Waals surface area contributed by atoms with Gasteiger partial charge in [0.1, 0.15) is 0 Å². The maximum absolute atomic E-state index is 12.6. The van der Waals surface area contributed by atoms with Gasteiger partial charge in [0.25, 0.3) is 11.6 Å². The molecule has 0 fully saturated rings. The third kappa shape index (κ3) is 2.88. The molecule has 0 spiro atoms. The van der Waals surface area contributed by atoms with Crippen molar-refractivity contribution < 1.29 is 14.5 Å². The average Bonchev–Trinajstić information content (AvgIpc) is 2.57. The number of non-ortho nitro benzene ring substituents is 1. The van der Waals surface area contributed by atoms with E-state index < -0.39 is 11.0 Å². The Morgan fingerprint density at radius 3 is 2.61 bits per heavy atom. The van der Waals surface area contributed by atoms with Crippen LogP contribution in [0.2, 0.25) is 0 Å². The summed E-state index contributed by atoms with van der Waals surface area (Å²) in [5, 5.41) is 10.9. The molecule has 2 aromatic carbocycles. The van der Waals surface area contributed by atoms with Crippen molar-refractivity contribution in [2.75, 3.05) is 4.90 Å². The van der Waals surface area contributed by atoms with Gasteiger partial charge < -0.3 is 9.64 Å². The van der Waals surface area contributed by atoms with E-state index in [-0.39, 0.29) is 11.6 Å². The zero-order valence-corrected chi connectivity index (χ0v) is 12.6. The number of fused-ring (bicyclic) bond motifs is 1. The Hall–Kier alpha value is -2.89. The van der Waals surface area contributed by atoms with E-state index in [1.54, 1.807) is 11.0 Å². The number of carbonyl (C=O) groups excluding carboxylic acids is 1. The second-order valence-electron chi connectivity index (χ2n) is 5.33. The first-order valence-electron chi connectivity index (χ1n) is 7.40. The first kappa shape index (κ1) is 15.0. The van der Waals surface area contributed by atoms with E-state index in [1.165, 1.54) is 12.1 Å². The van der Waals surface area contributed by atoms with Gasteiger partial charge in [-0.1, -0.05) is 37.3 Å². The predicted octanol–water partition coefficient (Wildman–Crippen LogP) is 3.30. The van der Waals surface area contributed by atoms with Gasteiger partial charge in [0.05, 0.1) is 23.2 Å². The third-order valence-electron chi connectivity index (χ3n) is 3.81. The van der Waals surface area contributed by atoms with Crippen LogP contribution in [-0.4, -0.2) is 16.9 Å². The Morgan fingerprint density at radius 2 is 1.96 bits per heavy atom. The monoisotopic (exact) mass is 312 g/mol. The zero-order chi connectivity index (χ0) is 16.4. The number of anilines is 1. The van der Waals surface area contributed by atoms with Gasteiger partial charge in [-0.25, -0.2) is 0 Å². The van der Waals surface area contributed by atoms with Crippen molar-refractivity contribution >= 4 is 17.3 Å². The molecule has 0 saturated heterocycles. The van der Waals surface area contributed by atoms with E-state index in [9.17, 15) is 14.9 Å². The lowest BCUT2D eigenvalue weighted by Gasteiger charge is -2.34. The van der Waals surface area contributed by atoms with Crippen molar-refractivity contribution in [3.05, 3.63) is 64.2 Å². The molecule has 1 heterocycles. The molecule has 6 nitrogen and oxygen atoms in total. The molecule has 0 N–H and O–H groups in total. The van der Waals surface area contributed by atoms with Crippen molar-refractivity contribution in [1.29, 1.82) is 0 Å². The van der Waals surface area contributed by atoms with Crippen LogP contribution in [0.4, 0.5) is 11.4 Å². The highest BCUT2D eigenvalue weighted by Crippen LogP contribution is 2.38. The molecule has 0 aromatic heterocycles. The number of nitro groups is 1. The van der Waals surface area contributed by atoms with Gasteiger partial charge in [0.2, 0.25) is 0 Å². The Balaban J connectivity index is 2.01. The van der Waals surface area contributed by atoms with Crippen LogP contribution in [0.1, 0.15) is 18.9 Å². The second kappa shape index (κ2) is 6.08. The summed E-state index contributed by atoms with van der Waals surface area (Å²) < 4.78 is 5.66. The molecule has 3 rings (SSSR count). The molecule has 0 bridgehead atoms. The lowest BCUT2D eigenvalue weighted by Crippen LogP contribution is -2.45. The third-order valence-corrected chi connectivity index (χ3v) is 3.81. The maximum Gasteiger partial charge on any atom is 0.273 e. The Labute approximate surface area is 133 Å². The molecule has 0 saturated carbocycles. The number of nitrogens with zero attached hydrogens (tertiary/aromatic N) is 2. The van der Waals surface area contributed by atoms with Crippen LogP contribution >= 0.6 is 0 Å². The number of rotatable bonds is 4. The standard InChI is InChI=1S/C17H16N2O4/c1-2-15-17(20)18(11-12-6-4-3-5-7-12)14-9-8-13(19(21)22)10-16(14)23-15/h3-10,15H,2,11H2,1H3. The fourth-order valence-electron chi connectivity index (χ4n) is 2.62. The topological polar surface area (TPSA) is 72.7 Å². The summed E-state index contributed by atoms with van der Waals surface area (Å²) in [6.45, 7) is 2.26. The van der Waals surface area contributed by atoms with Crippen LogP contribution in [0.3, 0.4) is 0 Å². The molecule has 0 radical (unpaired) electrons. The van der Waals surface area contributed by atoms with Gasteiger partial charge in [-0.3, -0.25) is 14.9 Å². The smallest absolute Gasteiger partial charge is 0.273 e. The van der Waals surface area contributed by atoms with Gasteiger partial charge in [0, 0.05) is 6.07 Å². The van der Waals surface area contributed by atoms with E-state index in [4.69, 9.17) is 4.74 Å². The maximum atomic E-state index is 12.6. The van der Waals surface area contributed by atoms with E-state index in [1.807, 2.05) is 37.3 Å². The normalized spacial score (nSPS) is 16.7. The average molecular weight is 312 g/mol. The lowest BCUT2D eigenvalue weighted by atomic mass is 10.1. The molecule has 1 unspecified atom stereocenters. The number of ether oxygens (including phenoxy) is 1. The number of hydrogen-bond acceptors (Lipinski definition) is 4. The predicted molar refractivity (Wildman–Crippen MR) is 85.4 cm³/mol. The molecule has 1 aliphatic heterocycles. The van der Waals surface area contributed by atoms with E-state index in [0.717, 1.165) is 5.56 Å². The summed E-state index contributed by atoms with van der Waals surface area (Å²) >= 11 is 0. The van der Waals surface area contributed by atoms with Crippen molar-refractivity contribution in [3.8, 4) is 5.75 Å². The number of nitro benzene ring substituents is 1. The minimum Gasteiger partial charge on any atom is -0.478 e. The fourth-order valence-corrected chi connectivity index (χ4v) is 2.62.